The van der Waals surface area contributed by atoms with Gasteiger partial charge in [-0.2, -0.15) is 5.10 Å². The number of aliphatic hydroxyl groups excluding tert-OH is 1. The van der Waals surface area contributed by atoms with Crippen molar-refractivity contribution in [1.82, 2.24) is 14.8 Å². The molecule has 2 heterocycles. The van der Waals surface area contributed by atoms with Gasteiger partial charge in [-0.3, -0.25) is 4.94 Å². The summed E-state index contributed by atoms with van der Waals surface area (Å²) in [5, 5.41) is 20.4. The van der Waals surface area contributed by atoms with Crippen LogP contribution in [0.2, 0.25) is 0 Å². The number of likely N-dealkylation sites (N-methyl/N-ethyl adjacent to an activating group) is 1. The van der Waals surface area contributed by atoms with E-state index in [2.05, 4.69) is 30.2 Å². The van der Waals surface area contributed by atoms with Crippen LogP contribution in [-0.2, 0) is 11.5 Å². The quantitative estimate of drug-likeness (QED) is 0.678. The van der Waals surface area contributed by atoms with E-state index in [1.165, 1.54) is 10.6 Å². The molecule has 31 heavy (non-hydrogen) atoms. The number of aromatic nitrogens is 2. The van der Waals surface area contributed by atoms with Gasteiger partial charge in [-0.05, 0) is 69.5 Å². The van der Waals surface area contributed by atoms with Gasteiger partial charge < -0.3 is 9.84 Å². The maximum Gasteiger partial charge on any atom is 0.189 e. The van der Waals surface area contributed by atoms with E-state index in [-0.39, 0.29) is 0 Å². The Kier molecular flexibility index (Phi) is 5.56. The molecule has 0 amide bonds. The number of ether oxygens (including phenoxy) is 1. The zero-order chi connectivity index (χ0) is 22.3. The first-order chi connectivity index (χ1) is 14.8. The molecular formula is C24H28N4O3. The number of hydrogen-bond donors (Lipinski definition) is 1. The second kappa shape index (κ2) is 8.17. The molecule has 1 aromatic heterocycles. The van der Waals surface area contributed by atoms with E-state index >= 15 is 0 Å². The van der Waals surface area contributed by atoms with E-state index in [1.54, 1.807) is 7.05 Å². The Morgan fingerprint density at radius 1 is 1.06 bits per heavy atom. The van der Waals surface area contributed by atoms with Crippen LogP contribution in [0.3, 0.4) is 0 Å². The lowest BCUT2D eigenvalue weighted by Crippen LogP contribution is -2.32. The summed E-state index contributed by atoms with van der Waals surface area (Å²) in [6, 6.07) is 12.0. The Labute approximate surface area is 182 Å². The van der Waals surface area contributed by atoms with Crippen molar-refractivity contribution in [3.8, 4) is 11.4 Å². The summed E-state index contributed by atoms with van der Waals surface area (Å²) in [4.78, 5) is 5.11. The van der Waals surface area contributed by atoms with Crippen LogP contribution in [0, 0.1) is 34.6 Å². The summed E-state index contributed by atoms with van der Waals surface area (Å²) in [5.74, 6) is 0.804. The molecular weight excluding hydrogens is 392 g/mol. The third kappa shape index (κ3) is 3.82. The molecule has 0 spiro atoms. The lowest BCUT2D eigenvalue weighted by Gasteiger charge is -2.17. The fourth-order valence-corrected chi connectivity index (χ4v) is 3.74. The molecule has 0 fully saturated rings. The molecule has 162 valence electrons. The van der Waals surface area contributed by atoms with Gasteiger partial charge in [-0.15, -0.1) is 0 Å². The van der Waals surface area contributed by atoms with Gasteiger partial charge in [0.15, 0.2) is 6.23 Å². The van der Waals surface area contributed by atoms with Gasteiger partial charge in [0.25, 0.3) is 0 Å². The summed E-state index contributed by atoms with van der Waals surface area (Å²) in [5.41, 5.74) is 8.76. The number of hydrogen-bond acceptors (Lipinski definition) is 6. The minimum atomic E-state index is -0.911. The number of aryl methyl sites for hydroxylation is 3. The highest BCUT2D eigenvalue weighted by Crippen LogP contribution is 2.27. The predicted molar refractivity (Wildman–Crippen MR) is 119 cm³/mol. The van der Waals surface area contributed by atoms with Crippen LogP contribution in [0.1, 0.15) is 39.2 Å². The van der Waals surface area contributed by atoms with E-state index in [0.29, 0.717) is 12.3 Å². The fourth-order valence-electron chi connectivity index (χ4n) is 3.74. The summed E-state index contributed by atoms with van der Waals surface area (Å²) < 4.78 is 8.16. The summed E-state index contributed by atoms with van der Waals surface area (Å²) >= 11 is 0. The Morgan fingerprint density at radius 3 is 2.45 bits per heavy atom. The monoisotopic (exact) mass is 420 g/mol. The largest absolute Gasteiger partial charge is 0.489 e. The van der Waals surface area contributed by atoms with E-state index in [1.807, 2.05) is 55.8 Å². The Hall–Kier alpha value is -3.16. The zero-order valence-corrected chi connectivity index (χ0v) is 18.8. The van der Waals surface area contributed by atoms with Gasteiger partial charge in [-0.25, -0.2) is 4.68 Å². The lowest BCUT2D eigenvalue weighted by atomic mass is 9.98. The van der Waals surface area contributed by atoms with Crippen LogP contribution in [0.25, 0.3) is 5.69 Å². The van der Waals surface area contributed by atoms with Crippen LogP contribution in [0.15, 0.2) is 41.6 Å². The first-order valence-corrected chi connectivity index (χ1v) is 10.3. The number of benzene rings is 2. The second-order valence-electron chi connectivity index (χ2n) is 8.03. The number of rotatable bonds is 5. The molecule has 1 atom stereocenters. The topological polar surface area (TPSA) is 72.1 Å². The first-order valence-electron chi connectivity index (χ1n) is 10.3. The maximum absolute atomic E-state index is 10.4. The summed E-state index contributed by atoms with van der Waals surface area (Å²) in [6.45, 7) is 10.6. The van der Waals surface area contributed by atoms with E-state index < -0.39 is 6.23 Å². The predicted octanol–water partition coefficient (Wildman–Crippen LogP) is 3.89. The minimum Gasteiger partial charge on any atom is -0.489 e. The first kappa shape index (κ1) is 21.1. The highest BCUT2D eigenvalue weighted by Gasteiger charge is 2.30. The van der Waals surface area contributed by atoms with Crippen molar-refractivity contribution < 1.29 is 14.8 Å². The summed E-state index contributed by atoms with van der Waals surface area (Å²) in [7, 11) is 1.64. The van der Waals surface area contributed by atoms with E-state index in [4.69, 9.17) is 9.68 Å². The molecule has 1 aliphatic rings. The number of aliphatic hydroxyl groups is 1. The van der Waals surface area contributed by atoms with Crippen molar-refractivity contribution in [1.29, 1.82) is 0 Å². The van der Waals surface area contributed by atoms with Gasteiger partial charge in [0.2, 0.25) is 0 Å². The van der Waals surface area contributed by atoms with Gasteiger partial charge >= 0.3 is 0 Å². The van der Waals surface area contributed by atoms with E-state index in [9.17, 15) is 5.11 Å². The van der Waals surface area contributed by atoms with Gasteiger partial charge in [0.05, 0.1) is 11.4 Å². The average molecular weight is 421 g/mol. The Morgan fingerprint density at radius 2 is 1.84 bits per heavy atom. The van der Waals surface area contributed by atoms with Crippen LogP contribution < -0.4 is 4.74 Å². The molecule has 2 aromatic carbocycles. The molecule has 0 bridgehead atoms. The van der Waals surface area contributed by atoms with Gasteiger partial charge in [0.1, 0.15) is 18.1 Å². The Balaban J connectivity index is 1.59. The number of oxime groups is 1. The Bertz CT molecular complexity index is 1170. The van der Waals surface area contributed by atoms with E-state index in [0.717, 1.165) is 45.1 Å². The van der Waals surface area contributed by atoms with Gasteiger partial charge in [-0.1, -0.05) is 28.4 Å². The third-order valence-electron chi connectivity index (χ3n) is 5.97. The van der Waals surface area contributed by atoms with Crippen molar-refractivity contribution in [2.75, 3.05) is 7.05 Å². The van der Waals surface area contributed by atoms with Gasteiger partial charge in [0, 0.05) is 23.9 Å². The molecule has 4 rings (SSSR count). The molecule has 7 nitrogen and oxygen atoms in total. The zero-order valence-electron chi connectivity index (χ0n) is 18.8. The van der Waals surface area contributed by atoms with Crippen LogP contribution in [0.4, 0.5) is 0 Å². The third-order valence-corrected chi connectivity index (χ3v) is 5.97. The molecule has 7 heteroatoms. The molecule has 0 radical (unpaired) electrons. The molecule has 0 saturated heterocycles. The highest BCUT2D eigenvalue weighted by molar-refractivity contribution is 6.04. The van der Waals surface area contributed by atoms with Crippen LogP contribution in [-0.4, -0.2) is 38.9 Å². The SMILES string of the molecule is Cc1cc(-n2nc(C)c(C)c2C)ccc1OCc1c(C)cccc1C1=NON(C)C1O. The van der Waals surface area contributed by atoms with Crippen LogP contribution >= 0.6 is 0 Å². The normalized spacial score (nSPS) is 16.4. The molecule has 0 saturated carbocycles. The van der Waals surface area contributed by atoms with Crippen molar-refractivity contribution >= 4 is 5.71 Å². The van der Waals surface area contributed by atoms with Crippen LogP contribution in [0.5, 0.6) is 5.75 Å². The molecule has 3 aromatic rings. The average Bonchev–Trinajstić information content (AvgIpc) is 3.21. The number of hydroxylamine groups is 2. The lowest BCUT2D eigenvalue weighted by molar-refractivity contribution is -0.176. The molecule has 1 N–H and O–H groups in total. The van der Waals surface area contributed by atoms with Crippen molar-refractivity contribution in [3.63, 3.8) is 0 Å². The van der Waals surface area contributed by atoms with Crippen molar-refractivity contribution in [2.24, 2.45) is 5.16 Å². The minimum absolute atomic E-state index is 0.358. The highest BCUT2D eigenvalue weighted by atomic mass is 16.8. The van der Waals surface area contributed by atoms with Crippen molar-refractivity contribution in [2.45, 2.75) is 47.5 Å². The smallest absolute Gasteiger partial charge is 0.189 e. The second-order valence-corrected chi connectivity index (χ2v) is 8.03. The molecule has 0 aliphatic carbocycles. The maximum atomic E-state index is 10.4. The van der Waals surface area contributed by atoms with Crippen molar-refractivity contribution in [3.05, 3.63) is 75.6 Å². The molecule has 1 aliphatic heterocycles. The molecule has 1 unspecified atom stereocenters. The summed E-state index contributed by atoms with van der Waals surface area (Å²) in [6.07, 6.45) is -0.911. The fraction of sp³-hybridized carbons (Fsp3) is 0.333. The number of nitrogens with zero attached hydrogens (tertiary/aromatic N) is 4. The standard InChI is InChI=1S/C24H28N4O3/c1-14-8-7-9-20(23-24(29)27(6)31-26-23)21(14)13-30-22-11-10-19(12-15(22)2)28-18(5)16(3)17(4)25-28/h7-12,24,29H,13H2,1-6H3.